The number of methoxy groups -OCH3 is 1. The molecule has 0 aliphatic carbocycles. The van der Waals surface area contributed by atoms with E-state index in [1.54, 1.807) is 67.6 Å². The maximum Gasteiger partial charge on any atom is 0.421 e. The zero-order valence-corrected chi connectivity index (χ0v) is 16.5. The fourth-order valence-corrected chi connectivity index (χ4v) is 2.69. The highest BCUT2D eigenvalue weighted by Gasteiger charge is 2.35. The summed E-state index contributed by atoms with van der Waals surface area (Å²) in [5, 5.41) is 2.73. The van der Waals surface area contributed by atoms with Gasteiger partial charge in [-0.2, -0.15) is 18.2 Å². The minimum atomic E-state index is -4.59. The molecule has 0 bridgehead atoms. The largest absolute Gasteiger partial charge is 0.497 e. The van der Waals surface area contributed by atoms with Crippen LogP contribution in [0.5, 0.6) is 5.75 Å². The van der Waals surface area contributed by atoms with Crippen molar-refractivity contribution in [1.82, 2.24) is 9.97 Å². The van der Waals surface area contributed by atoms with E-state index in [1.165, 1.54) is 0 Å². The van der Waals surface area contributed by atoms with Crippen LogP contribution in [0.15, 0.2) is 59.2 Å². The third-order valence-electron chi connectivity index (χ3n) is 3.95. The fraction of sp³-hybridized carbons (Fsp3) is 0.158. The smallest absolute Gasteiger partial charge is 0.421 e. The molecule has 3 rings (SSSR count). The van der Waals surface area contributed by atoms with Crippen molar-refractivity contribution in [2.45, 2.75) is 6.18 Å². The number of halogens is 4. The van der Waals surface area contributed by atoms with Crippen molar-refractivity contribution in [3.63, 3.8) is 0 Å². The molecule has 2 aromatic carbocycles. The molecular weight excluding hydrogens is 437 g/mol. The molecule has 3 aromatic rings. The number of hydrogen-bond acceptors (Lipinski definition) is 5. The lowest BCUT2D eigenvalue weighted by Crippen LogP contribution is -2.17. The molecule has 0 amide bonds. The molecule has 146 valence electrons. The van der Waals surface area contributed by atoms with Gasteiger partial charge in [0.1, 0.15) is 17.1 Å². The van der Waals surface area contributed by atoms with Gasteiger partial charge < -0.3 is 15.0 Å². The van der Waals surface area contributed by atoms with Gasteiger partial charge in [-0.3, -0.25) is 0 Å². The van der Waals surface area contributed by atoms with Crippen LogP contribution in [-0.4, -0.2) is 24.1 Å². The highest BCUT2D eigenvalue weighted by molar-refractivity contribution is 9.10. The average molecular weight is 453 g/mol. The lowest BCUT2D eigenvalue weighted by Gasteiger charge is -2.20. The Bertz CT molecular complexity index is 947. The van der Waals surface area contributed by atoms with Gasteiger partial charge in [0.2, 0.25) is 5.95 Å². The van der Waals surface area contributed by atoms with E-state index in [-0.39, 0.29) is 11.8 Å². The Hall–Kier alpha value is -2.81. The molecule has 0 unspecified atom stereocenters. The van der Waals surface area contributed by atoms with E-state index >= 15 is 0 Å². The van der Waals surface area contributed by atoms with Crippen LogP contribution < -0.4 is 15.0 Å². The zero-order valence-electron chi connectivity index (χ0n) is 15.0. The van der Waals surface area contributed by atoms with Gasteiger partial charge in [-0.05, 0) is 48.5 Å². The highest BCUT2D eigenvalue weighted by atomic mass is 79.9. The van der Waals surface area contributed by atoms with E-state index in [0.717, 1.165) is 10.7 Å². The number of benzene rings is 2. The number of ether oxygens (including phenoxy) is 1. The summed E-state index contributed by atoms with van der Waals surface area (Å²) in [6.07, 6.45) is -3.81. The Morgan fingerprint density at radius 1 is 1.04 bits per heavy atom. The lowest BCUT2D eigenvalue weighted by molar-refractivity contribution is -0.137. The molecular formula is C19H16BrF3N4O. The highest BCUT2D eigenvalue weighted by Crippen LogP contribution is 2.36. The van der Waals surface area contributed by atoms with Gasteiger partial charge in [0.25, 0.3) is 0 Å². The van der Waals surface area contributed by atoms with Crippen LogP contribution in [0.3, 0.4) is 0 Å². The number of hydrogen-bond donors (Lipinski definition) is 1. The van der Waals surface area contributed by atoms with Gasteiger partial charge in [-0.1, -0.05) is 15.9 Å². The van der Waals surface area contributed by atoms with E-state index in [4.69, 9.17) is 4.74 Å². The Morgan fingerprint density at radius 2 is 1.68 bits per heavy atom. The Kier molecular flexibility index (Phi) is 5.73. The second-order valence-corrected chi connectivity index (χ2v) is 6.73. The van der Waals surface area contributed by atoms with Crippen LogP contribution in [0.1, 0.15) is 5.56 Å². The summed E-state index contributed by atoms with van der Waals surface area (Å²) < 4.78 is 46.1. The fourth-order valence-electron chi connectivity index (χ4n) is 2.43. The summed E-state index contributed by atoms with van der Waals surface area (Å²) in [6.45, 7) is 0. The monoisotopic (exact) mass is 452 g/mol. The quantitative estimate of drug-likeness (QED) is 0.531. The van der Waals surface area contributed by atoms with Crippen molar-refractivity contribution < 1.29 is 17.9 Å². The second-order valence-electron chi connectivity index (χ2n) is 5.82. The van der Waals surface area contributed by atoms with Gasteiger partial charge in [-0.15, -0.1) is 0 Å². The Labute approximate surface area is 168 Å². The standard InChI is InChI=1S/C19H16BrF3N4O/c1-27(14-7-9-15(28-2)10-8-14)18-24-11-16(19(21,22)23)17(26-18)25-13-5-3-12(20)4-6-13/h3-11H,1-2H3,(H,24,25,26). The lowest BCUT2D eigenvalue weighted by atomic mass is 10.2. The summed E-state index contributed by atoms with van der Waals surface area (Å²) >= 11 is 3.29. The number of alkyl halides is 3. The number of nitrogens with zero attached hydrogens (tertiary/aromatic N) is 3. The number of anilines is 4. The van der Waals surface area contributed by atoms with Crippen LogP contribution >= 0.6 is 15.9 Å². The topological polar surface area (TPSA) is 50.3 Å². The van der Waals surface area contributed by atoms with Crippen molar-refractivity contribution >= 4 is 39.1 Å². The summed E-state index contributed by atoms with van der Waals surface area (Å²) in [4.78, 5) is 9.60. The second kappa shape index (κ2) is 8.05. The molecule has 1 N–H and O–H groups in total. The van der Waals surface area contributed by atoms with Crippen LogP contribution in [0.25, 0.3) is 0 Å². The average Bonchev–Trinajstić information content (AvgIpc) is 2.68. The van der Waals surface area contributed by atoms with E-state index < -0.39 is 11.7 Å². The molecule has 0 spiro atoms. The Balaban J connectivity index is 1.97. The predicted molar refractivity (Wildman–Crippen MR) is 106 cm³/mol. The number of aromatic nitrogens is 2. The molecule has 0 saturated heterocycles. The van der Waals surface area contributed by atoms with Gasteiger partial charge in [-0.25, -0.2) is 4.98 Å². The maximum atomic E-state index is 13.4. The minimum Gasteiger partial charge on any atom is -0.497 e. The van der Waals surface area contributed by atoms with Crippen molar-refractivity contribution in [2.75, 3.05) is 24.4 Å². The van der Waals surface area contributed by atoms with Gasteiger partial charge in [0, 0.05) is 29.1 Å². The first-order valence-electron chi connectivity index (χ1n) is 8.12. The van der Waals surface area contributed by atoms with Gasteiger partial charge in [0.15, 0.2) is 0 Å². The zero-order chi connectivity index (χ0) is 20.3. The maximum absolute atomic E-state index is 13.4. The molecule has 0 atom stereocenters. The summed E-state index contributed by atoms with van der Waals surface area (Å²) in [6, 6.07) is 13.8. The molecule has 5 nitrogen and oxygen atoms in total. The van der Waals surface area contributed by atoms with Crippen molar-refractivity contribution in [3.05, 3.63) is 64.8 Å². The van der Waals surface area contributed by atoms with Gasteiger partial charge >= 0.3 is 6.18 Å². The van der Waals surface area contributed by atoms with Gasteiger partial charge in [0.05, 0.1) is 7.11 Å². The van der Waals surface area contributed by atoms with E-state index in [9.17, 15) is 13.2 Å². The summed E-state index contributed by atoms with van der Waals surface area (Å²) in [5.74, 6) is 0.473. The predicted octanol–water partition coefficient (Wildman–Crippen LogP) is 5.78. The summed E-state index contributed by atoms with van der Waals surface area (Å²) in [7, 11) is 3.23. The molecule has 0 radical (unpaired) electrons. The third-order valence-corrected chi connectivity index (χ3v) is 4.48. The minimum absolute atomic E-state index is 0.123. The molecule has 0 aliphatic heterocycles. The summed E-state index contributed by atoms with van der Waals surface area (Å²) in [5.41, 5.74) is 0.239. The number of rotatable bonds is 5. The van der Waals surface area contributed by atoms with Crippen LogP contribution in [0.4, 0.5) is 36.3 Å². The molecule has 0 fully saturated rings. The van der Waals surface area contributed by atoms with Crippen LogP contribution in [-0.2, 0) is 6.18 Å². The normalized spacial score (nSPS) is 11.2. The van der Waals surface area contributed by atoms with E-state index in [1.807, 2.05) is 0 Å². The van der Waals surface area contributed by atoms with Crippen molar-refractivity contribution in [3.8, 4) is 5.75 Å². The first-order chi connectivity index (χ1) is 13.3. The van der Waals surface area contributed by atoms with Crippen LogP contribution in [0, 0.1) is 0 Å². The number of nitrogens with one attached hydrogen (secondary N) is 1. The van der Waals surface area contributed by atoms with Crippen molar-refractivity contribution in [2.24, 2.45) is 0 Å². The molecule has 0 saturated carbocycles. The molecule has 1 aromatic heterocycles. The Morgan fingerprint density at radius 3 is 2.25 bits per heavy atom. The first kappa shape index (κ1) is 19.9. The molecule has 28 heavy (non-hydrogen) atoms. The third kappa shape index (κ3) is 4.53. The first-order valence-corrected chi connectivity index (χ1v) is 8.92. The van der Waals surface area contributed by atoms with E-state index in [2.05, 4.69) is 31.2 Å². The van der Waals surface area contributed by atoms with Crippen LogP contribution in [0.2, 0.25) is 0 Å². The SMILES string of the molecule is COc1ccc(N(C)c2ncc(C(F)(F)F)c(Nc3ccc(Br)cc3)n2)cc1. The molecule has 1 heterocycles. The van der Waals surface area contributed by atoms with E-state index in [0.29, 0.717) is 17.1 Å². The molecule has 9 heteroatoms. The molecule has 0 aliphatic rings. The van der Waals surface area contributed by atoms with Crippen molar-refractivity contribution in [1.29, 1.82) is 0 Å².